The lowest BCUT2D eigenvalue weighted by Crippen LogP contribution is -2.71. The molecule has 53 heavy (non-hydrogen) atoms. The fourth-order valence-corrected chi connectivity index (χ4v) is 9.51. The van der Waals surface area contributed by atoms with E-state index in [4.69, 9.17) is 24.9 Å². The van der Waals surface area contributed by atoms with E-state index in [1.165, 1.54) is 30.2 Å². The van der Waals surface area contributed by atoms with Gasteiger partial charge in [-0.1, -0.05) is 140 Å². The summed E-state index contributed by atoms with van der Waals surface area (Å²) < 4.78 is 0. The van der Waals surface area contributed by atoms with Crippen LogP contribution in [0.2, 0.25) is 0 Å². The second-order valence-electron chi connectivity index (χ2n) is 15.1. The predicted molar refractivity (Wildman–Crippen MR) is 212 cm³/mol. The van der Waals surface area contributed by atoms with Crippen LogP contribution in [0.3, 0.4) is 0 Å². The average molecular weight is 682 g/mol. The van der Waals surface area contributed by atoms with Crippen molar-refractivity contribution in [2.75, 3.05) is 0 Å². The van der Waals surface area contributed by atoms with E-state index in [1.54, 1.807) is 0 Å². The maximum absolute atomic E-state index is 5.21. The molecule has 5 nitrogen and oxygen atoms in total. The van der Waals surface area contributed by atoms with Crippen LogP contribution in [0.4, 0.5) is 0 Å². The lowest BCUT2D eigenvalue weighted by atomic mass is 9.28. The van der Waals surface area contributed by atoms with E-state index in [9.17, 15) is 0 Å². The third-order valence-corrected chi connectivity index (χ3v) is 12.1. The minimum atomic E-state index is 0.392. The zero-order valence-electron chi connectivity index (χ0n) is 29.1. The molecule has 3 aliphatic carbocycles. The maximum atomic E-state index is 5.21. The first-order valence-electron chi connectivity index (χ1n) is 18.6. The summed E-state index contributed by atoms with van der Waals surface area (Å²) in [5.74, 6) is 5.49. The highest BCUT2D eigenvalue weighted by Gasteiger charge is 2.71. The van der Waals surface area contributed by atoms with Gasteiger partial charge >= 0.3 is 0 Å². The maximum Gasteiger partial charge on any atom is 0.164 e. The third kappa shape index (κ3) is 5.02. The molecule has 0 N–H and O–H groups in total. The van der Waals surface area contributed by atoms with Gasteiger partial charge in [0.1, 0.15) is 0 Å². The molecule has 0 saturated heterocycles. The molecular formula is C48H35N5. The molecule has 0 amide bonds. The van der Waals surface area contributed by atoms with E-state index >= 15 is 0 Å². The molecule has 11 rings (SSSR count). The number of rotatable bonds is 7. The molecule has 8 aromatic rings. The van der Waals surface area contributed by atoms with Gasteiger partial charge in [-0.05, 0) is 77.0 Å². The molecule has 2 unspecified atom stereocenters. The first-order chi connectivity index (χ1) is 26.2. The van der Waals surface area contributed by atoms with Gasteiger partial charge in [0.05, 0.1) is 11.4 Å². The lowest BCUT2D eigenvalue weighted by Gasteiger charge is -2.76. The number of nitrogens with zero attached hydrogens (tertiary/aromatic N) is 5. The fourth-order valence-electron chi connectivity index (χ4n) is 9.51. The minimum absolute atomic E-state index is 0.392. The van der Waals surface area contributed by atoms with Gasteiger partial charge in [0, 0.05) is 33.4 Å². The highest BCUT2D eigenvalue weighted by molar-refractivity contribution is 5.86. The van der Waals surface area contributed by atoms with Crippen molar-refractivity contribution in [1.82, 2.24) is 24.9 Å². The summed E-state index contributed by atoms with van der Waals surface area (Å²) in [4.78, 5) is 25.3. The van der Waals surface area contributed by atoms with Crippen LogP contribution in [-0.2, 0) is 5.41 Å². The van der Waals surface area contributed by atoms with Crippen LogP contribution in [0.1, 0.15) is 24.8 Å². The Hall–Kier alpha value is -6.33. The fraction of sp³-hybridized carbons (Fsp3) is 0.146. The summed E-state index contributed by atoms with van der Waals surface area (Å²) in [7, 11) is 0. The molecule has 3 aliphatic rings. The van der Waals surface area contributed by atoms with Gasteiger partial charge in [-0.25, -0.2) is 24.9 Å². The first-order valence-corrected chi connectivity index (χ1v) is 18.6. The summed E-state index contributed by atoms with van der Waals surface area (Å²) in [6.45, 7) is 0. The van der Waals surface area contributed by atoms with Crippen molar-refractivity contribution in [1.29, 1.82) is 0 Å². The Bertz CT molecular complexity index is 2660. The smallest absolute Gasteiger partial charge is 0.164 e. The number of fused-ring (bicyclic) bond motifs is 1. The number of hydrogen-bond donors (Lipinski definition) is 0. The second-order valence-corrected chi connectivity index (χ2v) is 15.1. The van der Waals surface area contributed by atoms with E-state index < -0.39 is 0 Å². The Morgan fingerprint density at radius 1 is 0.377 bits per heavy atom. The largest absolute Gasteiger partial charge is 0.228 e. The van der Waals surface area contributed by atoms with Crippen LogP contribution >= 0.6 is 0 Å². The average Bonchev–Trinajstić information content (AvgIpc) is 3.23. The van der Waals surface area contributed by atoms with E-state index in [0.29, 0.717) is 22.9 Å². The van der Waals surface area contributed by atoms with Gasteiger partial charge in [0.15, 0.2) is 23.3 Å². The summed E-state index contributed by atoms with van der Waals surface area (Å²) in [5.41, 5.74) is 9.63. The Morgan fingerprint density at radius 2 is 0.868 bits per heavy atom. The zero-order valence-corrected chi connectivity index (χ0v) is 29.1. The zero-order chi connectivity index (χ0) is 34.9. The van der Waals surface area contributed by atoms with Gasteiger partial charge in [-0.3, -0.25) is 0 Å². The van der Waals surface area contributed by atoms with Crippen LogP contribution in [0.5, 0.6) is 0 Å². The van der Waals surface area contributed by atoms with E-state index in [-0.39, 0.29) is 0 Å². The molecule has 0 spiro atoms. The quantitative estimate of drug-likeness (QED) is 0.167. The summed E-state index contributed by atoms with van der Waals surface area (Å²) >= 11 is 0. The van der Waals surface area contributed by atoms with Gasteiger partial charge in [-0.2, -0.15) is 0 Å². The normalized spacial score (nSPS) is 20.9. The minimum Gasteiger partial charge on any atom is -0.228 e. The number of benzene rings is 6. The van der Waals surface area contributed by atoms with Crippen LogP contribution in [-0.4, -0.2) is 24.9 Å². The van der Waals surface area contributed by atoms with E-state index in [0.717, 1.165) is 73.7 Å². The molecule has 5 heteroatoms. The highest BCUT2D eigenvalue weighted by Crippen LogP contribution is 2.77. The Balaban J connectivity index is 0.983. The van der Waals surface area contributed by atoms with Crippen molar-refractivity contribution >= 4 is 10.8 Å². The van der Waals surface area contributed by atoms with Crippen LogP contribution in [0.25, 0.3) is 78.8 Å². The van der Waals surface area contributed by atoms with Crippen molar-refractivity contribution in [3.8, 4) is 68.1 Å². The van der Waals surface area contributed by atoms with Crippen LogP contribution in [0, 0.1) is 17.8 Å². The predicted octanol–water partition coefficient (Wildman–Crippen LogP) is 11.1. The Kier molecular flexibility index (Phi) is 6.78. The lowest BCUT2D eigenvalue weighted by molar-refractivity contribution is -0.219. The van der Waals surface area contributed by atoms with Crippen molar-refractivity contribution in [3.05, 3.63) is 163 Å². The monoisotopic (exact) mass is 681 g/mol. The standard InChI is InChI=1S/C48H35N5/c1-3-11-31(12-4-1)41-27-42(50-46(49-41)36-16-9-17-40(26-36)48-28-38-25-39(29-48)43(38)48)32-19-21-34(22-20-32)45-51-44(33-13-5-2-6-14-33)52-47(53-45)37-23-18-30-10-7-8-15-35(30)24-37/h1-24,26-27,38-39,43H,25,28-29H2. The van der Waals surface area contributed by atoms with E-state index in [1.807, 2.05) is 36.4 Å². The SMILES string of the molecule is c1ccc(-c2cc(-c3ccc(-c4nc(-c5ccccc5)nc(-c5ccc6ccccc6c5)n4)cc3)nc(-c3cccc(C45CC6CC(C4)C65)c3)n2)cc1. The van der Waals surface area contributed by atoms with Gasteiger partial charge in [0.25, 0.3) is 0 Å². The summed E-state index contributed by atoms with van der Waals surface area (Å²) in [6, 6.07) is 54.8. The summed E-state index contributed by atoms with van der Waals surface area (Å²) in [6.07, 6.45) is 4.14. The molecule has 2 heterocycles. The molecule has 0 radical (unpaired) electrons. The van der Waals surface area contributed by atoms with E-state index in [2.05, 4.69) is 121 Å². The molecule has 0 aliphatic heterocycles. The molecule has 252 valence electrons. The first kappa shape index (κ1) is 30.3. The van der Waals surface area contributed by atoms with Crippen molar-refractivity contribution in [2.24, 2.45) is 17.8 Å². The Morgan fingerprint density at radius 3 is 1.53 bits per heavy atom. The number of hydrogen-bond acceptors (Lipinski definition) is 5. The van der Waals surface area contributed by atoms with Gasteiger partial charge in [0.2, 0.25) is 0 Å². The van der Waals surface area contributed by atoms with Crippen LogP contribution < -0.4 is 0 Å². The molecule has 0 bridgehead atoms. The van der Waals surface area contributed by atoms with Crippen molar-refractivity contribution in [3.63, 3.8) is 0 Å². The van der Waals surface area contributed by atoms with Gasteiger partial charge < -0.3 is 0 Å². The topological polar surface area (TPSA) is 64.5 Å². The highest BCUT2D eigenvalue weighted by atomic mass is 15.0. The molecule has 2 aromatic heterocycles. The molecular weight excluding hydrogens is 647 g/mol. The molecule has 6 aromatic carbocycles. The molecule has 3 saturated carbocycles. The number of aromatic nitrogens is 5. The van der Waals surface area contributed by atoms with Crippen LogP contribution in [0.15, 0.2) is 158 Å². The van der Waals surface area contributed by atoms with Gasteiger partial charge in [-0.15, -0.1) is 0 Å². The summed E-state index contributed by atoms with van der Waals surface area (Å²) in [5, 5.41) is 2.33. The molecule has 3 fully saturated rings. The third-order valence-electron chi connectivity index (χ3n) is 12.1. The molecule has 2 atom stereocenters. The van der Waals surface area contributed by atoms with Crippen molar-refractivity contribution < 1.29 is 0 Å². The Labute approximate surface area is 308 Å². The second kappa shape index (κ2) is 11.9. The van der Waals surface area contributed by atoms with Crippen molar-refractivity contribution in [2.45, 2.75) is 24.7 Å².